The first kappa shape index (κ1) is 23.0. The fourth-order valence-corrected chi connectivity index (χ4v) is 3.37. The standard InChI is InChI=1S/C22H19F3N6O3/c1-12-20(14(3)33-29-12)16-6-4-15(5-7-16)13(2)31-11-19(34-30-31)28-21(32)27-17-8-9-26-18(10-17)22(23,24)25/h4-11,13H,1-3H3,(H-,26,27,28,30,32)/t13-/m0/s1. The molecule has 34 heavy (non-hydrogen) atoms. The number of alkyl halides is 3. The fraction of sp³-hybridized carbons (Fsp3) is 0.227. The van der Waals surface area contributed by atoms with Gasteiger partial charge in [-0.05, 0) is 41.9 Å². The zero-order valence-electron chi connectivity index (χ0n) is 18.3. The van der Waals surface area contributed by atoms with Crippen molar-refractivity contribution < 1.29 is 31.7 Å². The average molecular weight is 472 g/mol. The van der Waals surface area contributed by atoms with Crippen molar-refractivity contribution in [1.29, 1.82) is 0 Å². The lowest BCUT2D eigenvalue weighted by atomic mass is 10.0. The van der Waals surface area contributed by atoms with Gasteiger partial charge in [0.05, 0.1) is 5.69 Å². The van der Waals surface area contributed by atoms with Crippen molar-refractivity contribution in [2.24, 2.45) is 0 Å². The van der Waals surface area contributed by atoms with Crippen molar-refractivity contribution in [3.8, 4) is 11.1 Å². The molecule has 0 unspecified atom stereocenters. The van der Waals surface area contributed by atoms with E-state index in [9.17, 15) is 18.0 Å². The van der Waals surface area contributed by atoms with E-state index in [1.165, 1.54) is 16.9 Å². The highest BCUT2D eigenvalue weighted by molar-refractivity contribution is 6.03. The Morgan fingerprint density at radius 1 is 1.15 bits per heavy atom. The summed E-state index contributed by atoms with van der Waals surface area (Å²) in [5, 5.41) is 13.8. The molecule has 12 heteroatoms. The summed E-state index contributed by atoms with van der Waals surface area (Å²) in [6.45, 7) is 5.61. The van der Waals surface area contributed by atoms with Crippen LogP contribution >= 0.6 is 0 Å². The summed E-state index contributed by atoms with van der Waals surface area (Å²) in [6, 6.07) is 8.52. The van der Waals surface area contributed by atoms with Crippen molar-refractivity contribution in [3.63, 3.8) is 0 Å². The van der Waals surface area contributed by atoms with Gasteiger partial charge < -0.3 is 19.7 Å². The number of halogens is 3. The number of carbonyl (C=O) groups excluding carboxylic acids is 1. The number of hydrogen-bond acceptors (Lipinski definition) is 6. The molecule has 3 heterocycles. The maximum atomic E-state index is 12.8. The molecule has 0 bridgehead atoms. The Labute approximate surface area is 191 Å². The number of urea groups is 1. The number of amides is 2. The molecule has 0 radical (unpaired) electrons. The van der Waals surface area contributed by atoms with Crippen molar-refractivity contribution in [2.75, 3.05) is 5.32 Å². The van der Waals surface area contributed by atoms with Crippen LogP contribution < -0.4 is 10.00 Å². The van der Waals surface area contributed by atoms with E-state index >= 15 is 0 Å². The molecule has 0 aliphatic heterocycles. The highest BCUT2D eigenvalue weighted by Gasteiger charge is 2.32. The van der Waals surface area contributed by atoms with Gasteiger partial charge in [0.25, 0.3) is 0 Å². The molecule has 1 N–H and O–H groups in total. The van der Waals surface area contributed by atoms with E-state index in [-0.39, 0.29) is 17.6 Å². The van der Waals surface area contributed by atoms with E-state index in [0.29, 0.717) is 6.07 Å². The second-order valence-electron chi connectivity index (χ2n) is 7.49. The summed E-state index contributed by atoms with van der Waals surface area (Å²) < 4.78 is 50.1. The summed E-state index contributed by atoms with van der Waals surface area (Å²) in [6.07, 6.45) is -2.27. The van der Waals surface area contributed by atoms with Crippen LogP contribution in [0.3, 0.4) is 0 Å². The third kappa shape index (κ3) is 4.90. The third-order valence-electron chi connectivity index (χ3n) is 5.10. The fourth-order valence-electron chi connectivity index (χ4n) is 3.37. The van der Waals surface area contributed by atoms with Gasteiger partial charge in [-0.15, -0.1) is 0 Å². The number of nitrogens with zero attached hydrogens (tertiary/aromatic N) is 5. The highest BCUT2D eigenvalue weighted by atomic mass is 19.4. The van der Waals surface area contributed by atoms with Crippen molar-refractivity contribution in [3.05, 3.63) is 76.8 Å². The number of anilines is 1. The van der Waals surface area contributed by atoms with Crippen LogP contribution in [0.4, 0.5) is 29.5 Å². The molecule has 176 valence electrons. The third-order valence-corrected chi connectivity index (χ3v) is 5.10. The summed E-state index contributed by atoms with van der Waals surface area (Å²) in [4.78, 5) is 15.3. The highest BCUT2D eigenvalue weighted by Crippen LogP contribution is 2.30. The van der Waals surface area contributed by atoms with Gasteiger partial charge in [0.15, 0.2) is 11.3 Å². The monoisotopic (exact) mass is 472 g/mol. The first-order chi connectivity index (χ1) is 16.1. The molecule has 0 saturated carbocycles. The summed E-state index contributed by atoms with van der Waals surface area (Å²) in [5.74, 6) is 0.622. The van der Waals surface area contributed by atoms with Crippen LogP contribution in [-0.2, 0) is 6.18 Å². The summed E-state index contributed by atoms with van der Waals surface area (Å²) >= 11 is 0. The SMILES string of the molecule is Cc1noc(C)c1-c1ccc([C@H](C)[n+]2cc([N-]C(=O)Nc3ccnc(C(F)(F)F)c3)on2)cc1. The van der Waals surface area contributed by atoms with Gasteiger partial charge in [-0.2, -0.15) is 13.2 Å². The van der Waals surface area contributed by atoms with Crippen LogP contribution in [0, 0.1) is 13.8 Å². The number of carbonyl (C=O) groups is 1. The van der Waals surface area contributed by atoms with Crippen molar-refractivity contribution in [1.82, 2.24) is 15.4 Å². The molecule has 2 amide bonds. The van der Waals surface area contributed by atoms with Crippen LogP contribution in [0.1, 0.15) is 35.7 Å². The maximum absolute atomic E-state index is 12.8. The first-order valence-corrected chi connectivity index (χ1v) is 10.1. The van der Waals surface area contributed by atoms with Crippen LogP contribution in [0.5, 0.6) is 0 Å². The Bertz CT molecular complexity index is 1290. The first-order valence-electron chi connectivity index (χ1n) is 10.1. The van der Waals surface area contributed by atoms with Gasteiger partial charge in [-0.3, -0.25) is 9.78 Å². The largest absolute Gasteiger partial charge is 0.433 e. The predicted molar refractivity (Wildman–Crippen MR) is 113 cm³/mol. The lowest BCUT2D eigenvalue weighted by Gasteiger charge is -2.14. The second-order valence-corrected chi connectivity index (χ2v) is 7.49. The van der Waals surface area contributed by atoms with Gasteiger partial charge in [0.1, 0.15) is 11.5 Å². The lowest BCUT2D eigenvalue weighted by Crippen LogP contribution is -2.39. The Hall–Kier alpha value is -4.22. The maximum Gasteiger partial charge on any atom is 0.433 e. The number of pyridine rings is 1. The van der Waals surface area contributed by atoms with Crippen LogP contribution in [0.2, 0.25) is 0 Å². The number of aryl methyl sites for hydroxylation is 2. The minimum absolute atomic E-state index is 0.102. The molecule has 9 nitrogen and oxygen atoms in total. The Morgan fingerprint density at radius 2 is 1.88 bits per heavy atom. The molecule has 0 spiro atoms. The van der Waals surface area contributed by atoms with E-state index in [4.69, 9.17) is 9.05 Å². The number of rotatable bonds is 5. The van der Waals surface area contributed by atoms with E-state index < -0.39 is 17.9 Å². The number of benzene rings is 1. The average Bonchev–Trinajstić information content (AvgIpc) is 3.39. The van der Waals surface area contributed by atoms with E-state index in [1.54, 1.807) is 0 Å². The Morgan fingerprint density at radius 3 is 2.53 bits per heavy atom. The normalized spacial score (nSPS) is 12.4. The Kier molecular flexibility index (Phi) is 6.05. The molecule has 0 fully saturated rings. The predicted octanol–water partition coefficient (Wildman–Crippen LogP) is 5.49. The molecule has 0 aliphatic rings. The minimum atomic E-state index is -4.63. The zero-order valence-corrected chi connectivity index (χ0v) is 18.3. The number of aromatic nitrogens is 4. The molecule has 4 aromatic rings. The number of hydrogen-bond donors (Lipinski definition) is 1. The molecular formula is C22H19F3N6O3. The van der Waals surface area contributed by atoms with E-state index in [2.05, 4.69) is 26.0 Å². The molecule has 4 rings (SSSR count). The quantitative estimate of drug-likeness (QED) is 0.384. The smallest absolute Gasteiger partial charge is 0.424 e. The molecule has 3 aromatic heterocycles. The van der Waals surface area contributed by atoms with Gasteiger partial charge >= 0.3 is 6.18 Å². The zero-order chi connectivity index (χ0) is 24.5. The summed E-state index contributed by atoms with van der Waals surface area (Å²) in [7, 11) is 0. The topological polar surface area (TPSA) is 112 Å². The molecule has 0 aliphatic carbocycles. The van der Waals surface area contributed by atoms with E-state index in [1.807, 2.05) is 45.0 Å². The Balaban J connectivity index is 1.41. The molecular weight excluding hydrogens is 453 g/mol. The van der Waals surface area contributed by atoms with Crippen molar-refractivity contribution >= 4 is 17.6 Å². The van der Waals surface area contributed by atoms with Gasteiger partial charge in [-0.25, -0.2) is 0 Å². The molecule has 1 atom stereocenters. The van der Waals surface area contributed by atoms with Gasteiger partial charge in [0.2, 0.25) is 18.1 Å². The van der Waals surface area contributed by atoms with Crippen LogP contribution in [-0.4, -0.2) is 21.4 Å². The van der Waals surface area contributed by atoms with Crippen LogP contribution in [0.25, 0.3) is 16.4 Å². The summed E-state index contributed by atoms with van der Waals surface area (Å²) in [5.41, 5.74) is 2.40. The van der Waals surface area contributed by atoms with Crippen LogP contribution in [0.15, 0.2) is 57.8 Å². The lowest BCUT2D eigenvalue weighted by molar-refractivity contribution is -0.774. The van der Waals surface area contributed by atoms with Gasteiger partial charge in [0, 0.05) is 24.2 Å². The number of nitrogens with one attached hydrogen (secondary N) is 1. The molecule has 0 saturated heterocycles. The van der Waals surface area contributed by atoms with E-state index in [0.717, 1.165) is 34.3 Å². The molecule has 1 aromatic carbocycles. The van der Waals surface area contributed by atoms with Gasteiger partial charge in [-0.1, -0.05) is 29.4 Å². The minimum Gasteiger partial charge on any atom is -0.424 e. The second kappa shape index (κ2) is 8.96. The van der Waals surface area contributed by atoms with Crippen molar-refractivity contribution in [2.45, 2.75) is 33.0 Å².